The van der Waals surface area contributed by atoms with E-state index in [9.17, 15) is 4.79 Å². The molecule has 0 amide bonds. The molecular weight excluding hydrogens is 426 g/mol. The molecule has 0 radical (unpaired) electrons. The van der Waals surface area contributed by atoms with Gasteiger partial charge in [-0.3, -0.25) is 4.79 Å². The minimum Gasteiger partial charge on any atom is -0.494 e. The van der Waals surface area contributed by atoms with Crippen LogP contribution in [0.1, 0.15) is 44.2 Å². The molecule has 0 spiro atoms. The summed E-state index contributed by atoms with van der Waals surface area (Å²) < 4.78 is 11.3. The molecule has 33 heavy (non-hydrogen) atoms. The Hall–Kier alpha value is -3.39. The number of nitrogens with zero attached hydrogens (tertiary/aromatic N) is 1. The molecular formula is C25H33NO7. The predicted octanol–water partition coefficient (Wildman–Crippen LogP) is 3.65. The Labute approximate surface area is 194 Å². The summed E-state index contributed by atoms with van der Waals surface area (Å²) in [6.07, 6.45) is 0.966. The Bertz CT molecular complexity index is 837. The van der Waals surface area contributed by atoms with Crippen LogP contribution in [0.25, 0.3) is 0 Å². The van der Waals surface area contributed by atoms with Gasteiger partial charge >= 0.3 is 17.9 Å². The summed E-state index contributed by atoms with van der Waals surface area (Å²) in [6.45, 7) is 10.1. The summed E-state index contributed by atoms with van der Waals surface area (Å²) in [6, 6.07) is 17.5. The Balaban J connectivity index is 0.000000801. The second-order valence-corrected chi connectivity index (χ2v) is 7.07. The maximum atomic E-state index is 12.9. The van der Waals surface area contributed by atoms with E-state index in [1.807, 2.05) is 54.6 Å². The van der Waals surface area contributed by atoms with Gasteiger partial charge in [0.25, 0.3) is 0 Å². The summed E-state index contributed by atoms with van der Waals surface area (Å²) >= 11 is 0. The van der Waals surface area contributed by atoms with Crippen LogP contribution in [0.15, 0.2) is 54.6 Å². The fourth-order valence-electron chi connectivity index (χ4n) is 2.99. The monoisotopic (exact) mass is 459 g/mol. The Morgan fingerprint density at radius 2 is 1.36 bits per heavy atom. The van der Waals surface area contributed by atoms with Crippen LogP contribution >= 0.6 is 0 Å². The summed E-state index contributed by atoms with van der Waals surface area (Å²) in [5, 5.41) is 14.8. The highest BCUT2D eigenvalue weighted by Gasteiger charge is 2.24. The molecule has 2 N–H and O–H groups in total. The van der Waals surface area contributed by atoms with Gasteiger partial charge in [0.15, 0.2) is 0 Å². The number of carboxylic acid groups (broad SMARTS) is 2. The van der Waals surface area contributed by atoms with Crippen LogP contribution in [0.4, 0.5) is 0 Å². The molecule has 2 aromatic carbocycles. The quantitative estimate of drug-likeness (QED) is 0.387. The van der Waals surface area contributed by atoms with Crippen molar-refractivity contribution in [3.63, 3.8) is 0 Å². The number of hydrogen-bond donors (Lipinski definition) is 2. The number of hydrogen-bond acceptors (Lipinski definition) is 6. The summed E-state index contributed by atoms with van der Waals surface area (Å²) in [5.41, 5.74) is 1.85. The van der Waals surface area contributed by atoms with E-state index in [1.165, 1.54) is 0 Å². The van der Waals surface area contributed by atoms with Gasteiger partial charge in [0.2, 0.25) is 0 Å². The van der Waals surface area contributed by atoms with Crippen LogP contribution in [0.3, 0.4) is 0 Å². The molecule has 0 fully saturated rings. The first kappa shape index (κ1) is 27.6. The van der Waals surface area contributed by atoms with Crippen molar-refractivity contribution in [1.82, 2.24) is 4.90 Å². The summed E-state index contributed by atoms with van der Waals surface area (Å²) in [5.74, 6) is -3.47. The third-order valence-corrected chi connectivity index (χ3v) is 4.78. The van der Waals surface area contributed by atoms with Gasteiger partial charge < -0.3 is 24.6 Å². The second-order valence-electron chi connectivity index (χ2n) is 7.07. The number of carbonyl (C=O) groups is 3. The molecule has 0 saturated carbocycles. The van der Waals surface area contributed by atoms with Gasteiger partial charge in [-0.05, 0) is 42.8 Å². The van der Waals surface area contributed by atoms with E-state index in [0.717, 1.165) is 42.9 Å². The van der Waals surface area contributed by atoms with Crippen LogP contribution in [0.2, 0.25) is 0 Å². The largest absolute Gasteiger partial charge is 0.494 e. The number of benzene rings is 2. The lowest BCUT2D eigenvalue weighted by molar-refractivity contribution is -0.159. The van der Waals surface area contributed by atoms with Crippen LogP contribution in [0, 0.1) is 0 Å². The van der Waals surface area contributed by atoms with Gasteiger partial charge in [-0.1, -0.05) is 63.2 Å². The number of carboxylic acids is 2. The smallest absolute Gasteiger partial charge is 0.414 e. The van der Waals surface area contributed by atoms with E-state index in [0.29, 0.717) is 13.2 Å². The first-order valence-corrected chi connectivity index (χ1v) is 11.0. The molecule has 8 heteroatoms. The molecule has 8 nitrogen and oxygen atoms in total. The van der Waals surface area contributed by atoms with E-state index < -0.39 is 17.9 Å². The van der Waals surface area contributed by atoms with E-state index in [4.69, 9.17) is 29.3 Å². The van der Waals surface area contributed by atoms with E-state index in [2.05, 4.69) is 25.7 Å². The first-order valence-electron chi connectivity index (χ1n) is 11.0. The fourth-order valence-corrected chi connectivity index (χ4v) is 2.99. The molecule has 1 atom stereocenters. The zero-order valence-corrected chi connectivity index (χ0v) is 19.4. The van der Waals surface area contributed by atoms with Crippen molar-refractivity contribution in [2.24, 2.45) is 0 Å². The normalized spacial score (nSPS) is 11.2. The molecule has 0 aliphatic carbocycles. The highest BCUT2D eigenvalue weighted by molar-refractivity contribution is 6.27. The number of ether oxygens (including phenoxy) is 2. The maximum Gasteiger partial charge on any atom is 0.414 e. The third kappa shape index (κ3) is 10.2. The topological polar surface area (TPSA) is 113 Å². The van der Waals surface area contributed by atoms with Crippen molar-refractivity contribution < 1.29 is 34.1 Å². The van der Waals surface area contributed by atoms with Crippen LogP contribution < -0.4 is 4.74 Å². The molecule has 1 unspecified atom stereocenters. The predicted molar refractivity (Wildman–Crippen MR) is 125 cm³/mol. The number of likely N-dealkylation sites (N-methyl/N-ethyl adjacent to an activating group) is 1. The fraction of sp³-hybridized carbons (Fsp3) is 0.400. The van der Waals surface area contributed by atoms with Crippen molar-refractivity contribution in [2.45, 2.75) is 33.1 Å². The summed E-state index contributed by atoms with van der Waals surface area (Å²) in [7, 11) is 0. The lowest BCUT2D eigenvalue weighted by atomic mass is 9.91. The number of rotatable bonds is 11. The van der Waals surface area contributed by atoms with Crippen molar-refractivity contribution >= 4 is 17.9 Å². The molecule has 2 aromatic rings. The van der Waals surface area contributed by atoms with E-state index in [1.54, 1.807) is 0 Å². The van der Waals surface area contributed by atoms with Gasteiger partial charge in [0, 0.05) is 6.54 Å². The minimum atomic E-state index is -1.82. The minimum absolute atomic E-state index is 0.212. The van der Waals surface area contributed by atoms with Crippen molar-refractivity contribution in [3.8, 4) is 5.75 Å². The van der Waals surface area contributed by atoms with Crippen LogP contribution in [-0.2, 0) is 19.1 Å². The average Bonchev–Trinajstić information content (AvgIpc) is 2.82. The SMILES string of the molecule is CCCOc1ccc(C(C(=O)OCCN(CC)CC)c2ccccc2)cc1.O=C(O)C(=O)O. The Kier molecular flexibility index (Phi) is 12.9. The Morgan fingerprint density at radius 1 is 0.818 bits per heavy atom. The molecule has 180 valence electrons. The molecule has 0 heterocycles. The molecule has 0 aliphatic rings. The second kappa shape index (κ2) is 15.4. The molecule has 0 bridgehead atoms. The Morgan fingerprint density at radius 3 is 1.85 bits per heavy atom. The zero-order chi connectivity index (χ0) is 24.6. The van der Waals surface area contributed by atoms with E-state index >= 15 is 0 Å². The first-order chi connectivity index (χ1) is 15.8. The third-order valence-electron chi connectivity index (χ3n) is 4.78. The molecule has 0 aromatic heterocycles. The lowest BCUT2D eigenvalue weighted by Gasteiger charge is -2.20. The number of aliphatic carboxylic acids is 2. The lowest BCUT2D eigenvalue weighted by Crippen LogP contribution is -2.29. The van der Waals surface area contributed by atoms with E-state index in [-0.39, 0.29) is 5.97 Å². The summed E-state index contributed by atoms with van der Waals surface area (Å²) in [4.78, 5) is 33.3. The van der Waals surface area contributed by atoms with Crippen molar-refractivity contribution in [3.05, 3.63) is 65.7 Å². The number of carbonyl (C=O) groups excluding carboxylic acids is 1. The highest BCUT2D eigenvalue weighted by atomic mass is 16.5. The van der Waals surface area contributed by atoms with Crippen LogP contribution in [-0.4, -0.2) is 65.9 Å². The van der Waals surface area contributed by atoms with Crippen molar-refractivity contribution in [2.75, 3.05) is 32.8 Å². The van der Waals surface area contributed by atoms with Gasteiger partial charge in [0.1, 0.15) is 18.3 Å². The van der Waals surface area contributed by atoms with Gasteiger partial charge in [0.05, 0.1) is 6.61 Å². The average molecular weight is 460 g/mol. The standard InChI is InChI=1S/C23H31NO3.C2H2O4/c1-4-17-26-21-14-12-20(13-15-21)22(19-10-8-7-9-11-19)23(25)27-18-16-24(5-2)6-3;3-1(4)2(5)6/h7-15,22H,4-6,16-18H2,1-3H3;(H,3,4)(H,5,6). The zero-order valence-electron chi connectivity index (χ0n) is 19.4. The van der Waals surface area contributed by atoms with Gasteiger partial charge in [-0.25, -0.2) is 9.59 Å². The molecule has 0 aliphatic heterocycles. The van der Waals surface area contributed by atoms with Crippen LogP contribution in [0.5, 0.6) is 5.75 Å². The molecule has 0 saturated heterocycles. The highest BCUT2D eigenvalue weighted by Crippen LogP contribution is 2.27. The van der Waals surface area contributed by atoms with Gasteiger partial charge in [-0.15, -0.1) is 0 Å². The number of esters is 1. The molecule has 2 rings (SSSR count). The van der Waals surface area contributed by atoms with Gasteiger partial charge in [-0.2, -0.15) is 0 Å². The van der Waals surface area contributed by atoms with Crippen molar-refractivity contribution in [1.29, 1.82) is 0 Å². The maximum absolute atomic E-state index is 12.9.